The molecule has 2 nitrogen and oxygen atoms in total. The summed E-state index contributed by atoms with van der Waals surface area (Å²) in [4.78, 5) is 0. The summed E-state index contributed by atoms with van der Waals surface area (Å²) in [5.74, 6) is 0. The first-order valence-electron chi connectivity index (χ1n) is 23.2. The first kappa shape index (κ1) is 36.6. The second-order valence-corrected chi connectivity index (χ2v) is 21.8. The molecule has 2 aliphatic heterocycles. The van der Waals surface area contributed by atoms with Crippen LogP contribution in [0.2, 0.25) is 0 Å². The fourth-order valence-corrected chi connectivity index (χ4v) is 12.4. The first-order chi connectivity index (χ1) is 30.8. The number of fused-ring (bicyclic) bond motifs is 16. The number of rotatable bonds is 1. The molecule has 9 aromatic carbocycles. The van der Waals surface area contributed by atoms with E-state index in [2.05, 4.69) is 216 Å². The molecule has 3 aliphatic rings. The summed E-state index contributed by atoms with van der Waals surface area (Å²) in [5.41, 5.74) is 22.7. The molecule has 4 heterocycles. The number of nitrogens with zero attached hydrogens (tertiary/aromatic N) is 2. The summed E-state index contributed by atoms with van der Waals surface area (Å²) < 4.78 is 5.34. The highest BCUT2D eigenvalue weighted by atomic mass is 15.0. The number of hydrogen-bond donors (Lipinski definition) is 0. The Morgan fingerprint density at radius 1 is 0.422 bits per heavy atom. The molecule has 3 heteroatoms. The standard InChI is InChI=1S/C61H49BN2/c1-59(2,3)39-22-24-51-45(31-39)47-32-40(60(4,5)6)33-50-57(47)63(51)53-29-38(36-21-23-43-42-19-13-14-20-48(42)61(7,8)49(43)27-36)30-54-56(53)62(50)55-41-18-12-11-17-37(41)26-46-44-25-34-15-9-10-16-35(34)28-52(44)64(54)58(46)55/h9-33H,1-8H3. The zero-order valence-corrected chi connectivity index (χ0v) is 37.9. The molecule has 0 saturated heterocycles. The van der Waals surface area contributed by atoms with Gasteiger partial charge in [-0.1, -0.05) is 152 Å². The molecule has 2 aromatic heterocycles. The summed E-state index contributed by atoms with van der Waals surface area (Å²) in [7, 11) is 0. The minimum atomic E-state index is -0.101. The minimum absolute atomic E-state index is 0.0152. The Morgan fingerprint density at radius 3 is 1.80 bits per heavy atom. The fraction of sp³-hybridized carbons (Fsp3) is 0.180. The fourth-order valence-electron chi connectivity index (χ4n) is 12.4. The topological polar surface area (TPSA) is 9.86 Å². The van der Waals surface area contributed by atoms with Crippen molar-refractivity contribution in [2.75, 3.05) is 0 Å². The average molecular weight is 821 g/mol. The Bertz CT molecular complexity index is 3950. The maximum Gasteiger partial charge on any atom is 0.253 e. The molecular weight excluding hydrogens is 771 g/mol. The van der Waals surface area contributed by atoms with Crippen molar-refractivity contribution in [1.82, 2.24) is 9.13 Å². The number of hydrogen-bond acceptors (Lipinski definition) is 0. The largest absolute Gasteiger partial charge is 0.310 e. The van der Waals surface area contributed by atoms with Crippen molar-refractivity contribution in [2.24, 2.45) is 0 Å². The molecule has 0 N–H and O–H groups in total. The van der Waals surface area contributed by atoms with E-state index >= 15 is 0 Å². The maximum absolute atomic E-state index is 2.67. The highest BCUT2D eigenvalue weighted by Crippen LogP contribution is 2.50. The summed E-state index contributed by atoms with van der Waals surface area (Å²) in [5, 5.41) is 10.5. The molecule has 1 aliphatic carbocycles. The molecule has 11 aromatic rings. The molecule has 64 heavy (non-hydrogen) atoms. The van der Waals surface area contributed by atoms with Crippen LogP contribution in [-0.4, -0.2) is 15.8 Å². The van der Waals surface area contributed by atoms with Gasteiger partial charge < -0.3 is 9.13 Å². The summed E-state index contributed by atoms with van der Waals surface area (Å²) in [6, 6.07) is 59.3. The van der Waals surface area contributed by atoms with Crippen LogP contribution in [0.1, 0.15) is 77.6 Å². The second-order valence-electron chi connectivity index (χ2n) is 21.8. The average Bonchev–Trinajstić information content (AvgIpc) is 3.87. The lowest BCUT2D eigenvalue weighted by molar-refractivity contribution is 0.590. The van der Waals surface area contributed by atoms with Crippen molar-refractivity contribution in [1.29, 1.82) is 0 Å². The van der Waals surface area contributed by atoms with Gasteiger partial charge in [-0.2, -0.15) is 0 Å². The van der Waals surface area contributed by atoms with E-state index < -0.39 is 0 Å². The summed E-state index contributed by atoms with van der Waals surface area (Å²) in [6.07, 6.45) is 0. The Balaban J connectivity index is 1.19. The van der Waals surface area contributed by atoms with E-state index in [0.717, 1.165) is 0 Å². The molecule has 0 saturated carbocycles. The third kappa shape index (κ3) is 4.57. The number of aromatic nitrogens is 2. The molecule has 306 valence electrons. The van der Waals surface area contributed by atoms with E-state index in [1.54, 1.807) is 0 Å². The van der Waals surface area contributed by atoms with E-state index in [1.807, 2.05) is 0 Å². The SMILES string of the molecule is CC(C)(C)c1ccc2c(c1)c1cc(C(C)(C)C)cc3c1n2-c1cc(-c2ccc4c(c2)C(C)(C)c2ccccc2-4)cc2c1B3c1c3ccccc3cc3c4cc5ccccc5cc4n-2c13. The molecule has 0 amide bonds. The van der Waals surface area contributed by atoms with Gasteiger partial charge in [-0.25, -0.2) is 0 Å². The minimum Gasteiger partial charge on any atom is -0.310 e. The van der Waals surface area contributed by atoms with Crippen LogP contribution < -0.4 is 16.4 Å². The molecule has 0 unspecified atom stereocenters. The van der Waals surface area contributed by atoms with Crippen LogP contribution in [0.5, 0.6) is 0 Å². The van der Waals surface area contributed by atoms with Crippen LogP contribution in [-0.2, 0) is 16.2 Å². The molecule has 0 fully saturated rings. The quantitative estimate of drug-likeness (QED) is 0.146. The van der Waals surface area contributed by atoms with Crippen LogP contribution in [0.4, 0.5) is 0 Å². The normalized spacial score (nSPS) is 14.7. The smallest absolute Gasteiger partial charge is 0.253 e. The predicted molar refractivity (Wildman–Crippen MR) is 275 cm³/mol. The van der Waals surface area contributed by atoms with Crippen molar-refractivity contribution < 1.29 is 0 Å². The third-order valence-corrected chi connectivity index (χ3v) is 15.7. The van der Waals surface area contributed by atoms with Gasteiger partial charge in [0.25, 0.3) is 6.71 Å². The third-order valence-electron chi connectivity index (χ3n) is 15.7. The van der Waals surface area contributed by atoms with Crippen LogP contribution in [0.25, 0.3) is 98.8 Å². The zero-order chi connectivity index (χ0) is 43.3. The summed E-state index contributed by atoms with van der Waals surface area (Å²) >= 11 is 0. The van der Waals surface area contributed by atoms with Gasteiger partial charge >= 0.3 is 0 Å². The Hall–Kier alpha value is -6.84. The van der Waals surface area contributed by atoms with Gasteiger partial charge in [0.05, 0.1) is 11.0 Å². The predicted octanol–water partition coefficient (Wildman–Crippen LogP) is 13.9. The van der Waals surface area contributed by atoms with E-state index in [-0.39, 0.29) is 23.0 Å². The van der Waals surface area contributed by atoms with Gasteiger partial charge in [-0.15, -0.1) is 0 Å². The zero-order valence-electron chi connectivity index (χ0n) is 37.9. The van der Waals surface area contributed by atoms with Crippen LogP contribution in [0.15, 0.2) is 152 Å². The van der Waals surface area contributed by atoms with Crippen molar-refractivity contribution in [3.63, 3.8) is 0 Å². The van der Waals surface area contributed by atoms with E-state index in [9.17, 15) is 0 Å². The lowest BCUT2D eigenvalue weighted by Crippen LogP contribution is -2.59. The van der Waals surface area contributed by atoms with Crippen molar-refractivity contribution in [3.05, 3.63) is 174 Å². The van der Waals surface area contributed by atoms with Gasteiger partial charge in [-0.3, -0.25) is 0 Å². The summed E-state index contributed by atoms with van der Waals surface area (Å²) in [6.45, 7) is 19.0. The van der Waals surface area contributed by atoms with Crippen LogP contribution in [0.3, 0.4) is 0 Å². The molecule has 0 radical (unpaired) electrons. The molecule has 14 rings (SSSR count). The van der Waals surface area contributed by atoms with Crippen LogP contribution >= 0.6 is 0 Å². The van der Waals surface area contributed by atoms with Crippen molar-refractivity contribution in [2.45, 2.75) is 71.6 Å². The van der Waals surface area contributed by atoms with E-state index in [0.29, 0.717) is 0 Å². The van der Waals surface area contributed by atoms with Crippen LogP contribution in [0, 0.1) is 0 Å². The lowest BCUT2D eigenvalue weighted by atomic mass is 9.33. The van der Waals surface area contributed by atoms with Crippen molar-refractivity contribution >= 4 is 88.3 Å². The Morgan fingerprint density at radius 2 is 1.03 bits per heavy atom. The Labute approximate surface area is 374 Å². The molecular formula is C61H49BN2. The number of benzene rings is 9. The highest BCUT2D eigenvalue weighted by molar-refractivity contribution is 7.01. The van der Waals surface area contributed by atoms with Crippen molar-refractivity contribution in [3.8, 4) is 33.6 Å². The first-order valence-corrected chi connectivity index (χ1v) is 23.2. The van der Waals surface area contributed by atoms with Gasteiger partial charge in [-0.05, 0) is 148 Å². The molecule has 0 atom stereocenters. The Kier molecular flexibility index (Phi) is 6.77. The van der Waals surface area contributed by atoms with Gasteiger partial charge in [0.1, 0.15) is 0 Å². The highest BCUT2D eigenvalue weighted by Gasteiger charge is 2.43. The lowest BCUT2D eigenvalue weighted by Gasteiger charge is -2.35. The van der Waals surface area contributed by atoms with Gasteiger partial charge in [0.2, 0.25) is 0 Å². The van der Waals surface area contributed by atoms with E-state index in [1.165, 1.54) is 137 Å². The van der Waals surface area contributed by atoms with Gasteiger partial charge in [0.15, 0.2) is 0 Å². The molecule has 0 spiro atoms. The van der Waals surface area contributed by atoms with Gasteiger partial charge in [0, 0.05) is 49.4 Å². The molecule has 0 bridgehead atoms. The maximum atomic E-state index is 2.67. The monoisotopic (exact) mass is 820 g/mol. The van der Waals surface area contributed by atoms with E-state index in [4.69, 9.17) is 0 Å². The second kappa shape index (κ2) is 11.8.